The lowest BCUT2D eigenvalue weighted by Gasteiger charge is -2.10. The number of nitrogens with zero attached hydrogens (tertiary/aromatic N) is 4. The molecule has 0 unspecified atom stereocenters. The van der Waals surface area contributed by atoms with E-state index < -0.39 is 0 Å². The van der Waals surface area contributed by atoms with Crippen LogP contribution < -0.4 is 9.47 Å². The third kappa shape index (κ3) is 3.44. The van der Waals surface area contributed by atoms with Gasteiger partial charge in [-0.1, -0.05) is 6.07 Å². The Morgan fingerprint density at radius 2 is 1.93 bits per heavy atom. The second kappa shape index (κ2) is 7.31. The molecule has 0 amide bonds. The SMILES string of the molecule is COc1ccc(-c2csc3nc(C)nc(Sc4nnc(C5CC5)o4)c23)cc1OC. The van der Waals surface area contributed by atoms with Crippen molar-refractivity contribution in [2.24, 2.45) is 0 Å². The Bertz CT molecular complexity index is 1200. The molecule has 4 aromatic rings. The van der Waals surface area contributed by atoms with Crippen LogP contribution in [0.1, 0.15) is 30.5 Å². The molecule has 3 heterocycles. The van der Waals surface area contributed by atoms with Crippen LogP contribution in [0.25, 0.3) is 21.3 Å². The summed E-state index contributed by atoms with van der Waals surface area (Å²) in [6.07, 6.45) is 2.24. The van der Waals surface area contributed by atoms with Crippen molar-refractivity contribution in [3.05, 3.63) is 35.3 Å². The lowest BCUT2D eigenvalue weighted by molar-refractivity contribution is 0.355. The van der Waals surface area contributed by atoms with Crippen molar-refractivity contribution in [1.82, 2.24) is 20.2 Å². The molecule has 5 rings (SSSR count). The quantitative estimate of drug-likeness (QED) is 0.394. The first kappa shape index (κ1) is 18.4. The van der Waals surface area contributed by atoms with Gasteiger partial charge in [-0.25, -0.2) is 9.97 Å². The van der Waals surface area contributed by atoms with Crippen LogP contribution in [-0.4, -0.2) is 34.4 Å². The first-order valence-electron chi connectivity index (χ1n) is 9.15. The van der Waals surface area contributed by atoms with Gasteiger partial charge in [0, 0.05) is 16.9 Å². The van der Waals surface area contributed by atoms with Gasteiger partial charge in [-0.05, 0) is 49.2 Å². The smallest absolute Gasteiger partial charge is 0.282 e. The molecule has 0 radical (unpaired) electrons. The zero-order valence-corrected chi connectivity index (χ0v) is 17.8. The van der Waals surface area contributed by atoms with E-state index in [9.17, 15) is 0 Å². The molecule has 1 fully saturated rings. The number of hydrogen-bond acceptors (Lipinski definition) is 9. The van der Waals surface area contributed by atoms with Crippen LogP contribution in [0, 0.1) is 6.92 Å². The van der Waals surface area contributed by atoms with E-state index in [0.29, 0.717) is 28.5 Å². The number of aromatic nitrogens is 4. The van der Waals surface area contributed by atoms with Gasteiger partial charge in [0.05, 0.1) is 19.6 Å². The number of benzene rings is 1. The molecule has 1 aliphatic carbocycles. The van der Waals surface area contributed by atoms with Crippen molar-refractivity contribution in [2.45, 2.75) is 35.9 Å². The molecular formula is C20H18N4O3S2. The Kier molecular flexibility index (Phi) is 4.63. The molecule has 0 saturated heterocycles. The van der Waals surface area contributed by atoms with Gasteiger partial charge in [0.15, 0.2) is 11.5 Å². The van der Waals surface area contributed by atoms with Gasteiger partial charge in [0.2, 0.25) is 5.89 Å². The van der Waals surface area contributed by atoms with Gasteiger partial charge in [-0.3, -0.25) is 0 Å². The topological polar surface area (TPSA) is 83.2 Å². The summed E-state index contributed by atoms with van der Waals surface area (Å²) in [7, 11) is 3.26. The van der Waals surface area contributed by atoms with Crippen molar-refractivity contribution >= 4 is 33.3 Å². The van der Waals surface area contributed by atoms with E-state index in [1.807, 2.05) is 25.1 Å². The fraction of sp³-hybridized carbons (Fsp3) is 0.300. The largest absolute Gasteiger partial charge is 0.493 e. The highest BCUT2D eigenvalue weighted by atomic mass is 32.2. The maximum Gasteiger partial charge on any atom is 0.282 e. The highest BCUT2D eigenvalue weighted by Gasteiger charge is 2.30. The summed E-state index contributed by atoms with van der Waals surface area (Å²) >= 11 is 2.98. The molecule has 0 bridgehead atoms. The number of hydrogen-bond donors (Lipinski definition) is 0. The predicted molar refractivity (Wildman–Crippen MR) is 111 cm³/mol. The number of thiophene rings is 1. The highest BCUT2D eigenvalue weighted by molar-refractivity contribution is 7.99. The molecule has 148 valence electrons. The van der Waals surface area contributed by atoms with Gasteiger partial charge in [-0.15, -0.1) is 21.5 Å². The van der Waals surface area contributed by atoms with Crippen molar-refractivity contribution in [2.75, 3.05) is 14.2 Å². The van der Waals surface area contributed by atoms with Crippen LogP contribution in [0.3, 0.4) is 0 Å². The fourth-order valence-corrected chi connectivity index (χ4v) is 5.06. The average molecular weight is 427 g/mol. The second-order valence-electron chi connectivity index (χ2n) is 6.76. The number of methoxy groups -OCH3 is 2. The molecule has 1 saturated carbocycles. The molecule has 29 heavy (non-hydrogen) atoms. The average Bonchev–Trinajstić information content (AvgIpc) is 3.33. The van der Waals surface area contributed by atoms with Crippen molar-refractivity contribution in [1.29, 1.82) is 0 Å². The van der Waals surface area contributed by atoms with Gasteiger partial charge < -0.3 is 13.9 Å². The van der Waals surface area contributed by atoms with Crippen molar-refractivity contribution < 1.29 is 13.9 Å². The van der Waals surface area contributed by atoms with E-state index in [1.54, 1.807) is 25.6 Å². The molecule has 1 aliphatic rings. The summed E-state index contributed by atoms with van der Waals surface area (Å²) < 4.78 is 16.7. The van der Waals surface area contributed by atoms with Crippen LogP contribution in [0.5, 0.6) is 11.5 Å². The van der Waals surface area contributed by atoms with E-state index in [4.69, 9.17) is 13.9 Å². The van der Waals surface area contributed by atoms with Gasteiger partial charge in [0.25, 0.3) is 5.22 Å². The van der Waals surface area contributed by atoms with E-state index in [0.717, 1.165) is 45.1 Å². The molecule has 0 aliphatic heterocycles. The Balaban J connectivity index is 1.60. The molecule has 9 heteroatoms. The molecule has 0 spiro atoms. The number of rotatable bonds is 6. The first-order chi connectivity index (χ1) is 14.2. The predicted octanol–water partition coefficient (Wildman–Crippen LogP) is 5.10. The highest BCUT2D eigenvalue weighted by Crippen LogP contribution is 2.44. The van der Waals surface area contributed by atoms with E-state index in [-0.39, 0.29) is 0 Å². The van der Waals surface area contributed by atoms with E-state index in [1.165, 1.54) is 11.8 Å². The van der Waals surface area contributed by atoms with Crippen LogP contribution in [0.4, 0.5) is 0 Å². The molecule has 0 N–H and O–H groups in total. The fourth-order valence-electron chi connectivity index (χ4n) is 3.14. The summed E-state index contributed by atoms with van der Waals surface area (Å²) in [4.78, 5) is 10.2. The maximum atomic E-state index is 5.84. The minimum Gasteiger partial charge on any atom is -0.493 e. The third-order valence-corrected chi connectivity index (χ3v) is 6.44. The summed E-state index contributed by atoms with van der Waals surface area (Å²) in [6.45, 7) is 1.89. The zero-order chi connectivity index (χ0) is 20.0. The van der Waals surface area contributed by atoms with E-state index >= 15 is 0 Å². The number of fused-ring (bicyclic) bond motifs is 1. The van der Waals surface area contributed by atoms with Crippen LogP contribution >= 0.6 is 23.1 Å². The Hall–Kier alpha value is -2.65. The Morgan fingerprint density at radius 3 is 2.69 bits per heavy atom. The van der Waals surface area contributed by atoms with Crippen LogP contribution in [0.15, 0.2) is 38.2 Å². The lowest BCUT2D eigenvalue weighted by atomic mass is 10.1. The monoisotopic (exact) mass is 426 g/mol. The summed E-state index contributed by atoms with van der Waals surface area (Å²) in [5, 5.41) is 12.8. The second-order valence-corrected chi connectivity index (χ2v) is 8.56. The molecule has 0 atom stereocenters. The van der Waals surface area contributed by atoms with Crippen molar-refractivity contribution in [3.8, 4) is 22.6 Å². The van der Waals surface area contributed by atoms with Gasteiger partial charge in [0.1, 0.15) is 15.7 Å². The Labute approximate surface area is 175 Å². The molecule has 1 aromatic carbocycles. The Morgan fingerprint density at radius 1 is 1.10 bits per heavy atom. The maximum absolute atomic E-state index is 5.84. The first-order valence-corrected chi connectivity index (χ1v) is 10.9. The molecular weight excluding hydrogens is 408 g/mol. The summed E-state index contributed by atoms with van der Waals surface area (Å²) in [5.41, 5.74) is 2.04. The van der Waals surface area contributed by atoms with Crippen LogP contribution in [-0.2, 0) is 0 Å². The zero-order valence-electron chi connectivity index (χ0n) is 16.1. The minimum atomic E-state index is 0.424. The standard InChI is InChI=1S/C20H18N4O3S2/c1-10-21-18-16(19(22-10)29-20-24-23-17(27-20)11-4-5-11)13(9-28-18)12-6-7-14(25-2)15(8-12)26-3/h6-9,11H,4-5H2,1-3H3. The molecule has 3 aromatic heterocycles. The lowest BCUT2D eigenvalue weighted by Crippen LogP contribution is -1.93. The normalized spacial score (nSPS) is 13.8. The number of ether oxygens (including phenoxy) is 2. The minimum absolute atomic E-state index is 0.424. The van der Waals surface area contributed by atoms with E-state index in [2.05, 4.69) is 25.5 Å². The van der Waals surface area contributed by atoms with Gasteiger partial charge in [-0.2, -0.15) is 0 Å². The third-order valence-electron chi connectivity index (χ3n) is 4.74. The van der Waals surface area contributed by atoms with Gasteiger partial charge >= 0.3 is 0 Å². The summed E-state index contributed by atoms with van der Waals surface area (Å²) in [5.74, 6) is 3.23. The van der Waals surface area contributed by atoms with Crippen molar-refractivity contribution in [3.63, 3.8) is 0 Å². The number of aryl methyl sites for hydroxylation is 1. The summed E-state index contributed by atoms with van der Waals surface area (Å²) in [6, 6.07) is 5.88. The van der Waals surface area contributed by atoms with Crippen LogP contribution in [0.2, 0.25) is 0 Å². The molecule has 7 nitrogen and oxygen atoms in total.